The highest BCUT2D eigenvalue weighted by Gasteiger charge is 1.89. The van der Waals surface area contributed by atoms with Gasteiger partial charge < -0.3 is 0 Å². The summed E-state index contributed by atoms with van der Waals surface area (Å²) in [7, 11) is 0. The third kappa shape index (κ3) is 0.984. The lowest BCUT2D eigenvalue weighted by atomic mass is 10.3. The van der Waals surface area contributed by atoms with E-state index < -0.39 is 0 Å². The molecule has 1 heterocycles. The van der Waals surface area contributed by atoms with Crippen LogP contribution >= 0.6 is 11.6 Å². The molecule has 2 heteroatoms. The van der Waals surface area contributed by atoms with Crippen LogP contribution in [0.4, 0.5) is 0 Å². The largest absolute Gasteiger partial charge is 0.244 e. The topological polar surface area (TPSA) is 12.9 Å². The van der Waals surface area contributed by atoms with Gasteiger partial charge in [0.1, 0.15) is 5.15 Å². The van der Waals surface area contributed by atoms with Gasteiger partial charge in [0.25, 0.3) is 0 Å². The Kier molecular flexibility index (Phi) is 1.49. The van der Waals surface area contributed by atoms with Gasteiger partial charge in [-0.1, -0.05) is 11.6 Å². The fourth-order valence-electron chi connectivity index (χ4n) is 0.421. The third-order valence-corrected chi connectivity index (χ3v) is 1.25. The maximum Gasteiger partial charge on any atom is 0.132 e. The first-order valence-corrected chi connectivity index (χ1v) is 2.67. The first kappa shape index (κ1) is 5.57. The predicted molar refractivity (Wildman–Crippen MR) is 32.8 cm³/mol. The molecule has 8 heavy (non-hydrogen) atoms. The van der Waals surface area contributed by atoms with Gasteiger partial charge in [-0.15, -0.1) is 0 Å². The van der Waals surface area contributed by atoms with Gasteiger partial charge in [0.2, 0.25) is 0 Å². The molecule has 0 amide bonds. The Labute approximate surface area is 53.3 Å². The SMILES string of the molecule is Cc1[c]ccnc1Cl. The van der Waals surface area contributed by atoms with Crippen molar-refractivity contribution in [3.8, 4) is 0 Å². The first-order valence-electron chi connectivity index (χ1n) is 2.29. The second kappa shape index (κ2) is 2.14. The molecule has 0 saturated heterocycles. The molecule has 0 N–H and O–H groups in total. The van der Waals surface area contributed by atoms with Crippen LogP contribution in [0, 0.1) is 13.0 Å². The molecule has 1 aromatic rings. The molecule has 1 rings (SSSR count). The van der Waals surface area contributed by atoms with Crippen LogP contribution < -0.4 is 0 Å². The molecular formula is C6H5ClN. The van der Waals surface area contributed by atoms with E-state index in [1.54, 1.807) is 12.3 Å². The van der Waals surface area contributed by atoms with Gasteiger partial charge in [-0.05, 0) is 24.6 Å². The summed E-state index contributed by atoms with van der Waals surface area (Å²) in [5.74, 6) is 0. The maximum absolute atomic E-state index is 5.57. The second-order valence-corrected chi connectivity index (χ2v) is 1.86. The predicted octanol–water partition coefficient (Wildman–Crippen LogP) is 1.84. The third-order valence-electron chi connectivity index (χ3n) is 0.872. The average Bonchev–Trinajstić information content (AvgIpc) is 1.77. The number of hydrogen-bond acceptors (Lipinski definition) is 1. The van der Waals surface area contributed by atoms with Gasteiger partial charge in [0, 0.05) is 6.20 Å². The summed E-state index contributed by atoms with van der Waals surface area (Å²) in [4.78, 5) is 3.81. The number of aryl methyl sites for hydroxylation is 1. The minimum atomic E-state index is 0.535. The molecule has 1 radical (unpaired) electrons. The smallest absolute Gasteiger partial charge is 0.132 e. The molecule has 0 fully saturated rings. The Bertz CT molecular complexity index is 165. The normalized spacial score (nSPS) is 9.25. The lowest BCUT2D eigenvalue weighted by molar-refractivity contribution is 1.26. The Morgan fingerprint density at radius 2 is 2.50 bits per heavy atom. The van der Waals surface area contributed by atoms with E-state index in [0.717, 1.165) is 5.56 Å². The fraction of sp³-hybridized carbons (Fsp3) is 0.167. The quantitative estimate of drug-likeness (QED) is 0.484. The van der Waals surface area contributed by atoms with Crippen LogP contribution in [0.3, 0.4) is 0 Å². The van der Waals surface area contributed by atoms with Gasteiger partial charge in [-0.25, -0.2) is 4.98 Å². The van der Waals surface area contributed by atoms with Crippen molar-refractivity contribution in [1.29, 1.82) is 0 Å². The number of halogens is 1. The summed E-state index contributed by atoms with van der Waals surface area (Å²) in [6, 6.07) is 4.64. The Morgan fingerprint density at radius 3 is 2.88 bits per heavy atom. The van der Waals surface area contributed by atoms with Gasteiger partial charge in [-0.2, -0.15) is 0 Å². The van der Waals surface area contributed by atoms with E-state index in [1.807, 2.05) is 6.92 Å². The van der Waals surface area contributed by atoms with Gasteiger partial charge in [0.15, 0.2) is 0 Å². The van der Waals surface area contributed by atoms with Gasteiger partial charge >= 0.3 is 0 Å². The monoisotopic (exact) mass is 126 g/mol. The zero-order valence-corrected chi connectivity index (χ0v) is 5.24. The van der Waals surface area contributed by atoms with E-state index >= 15 is 0 Å². The van der Waals surface area contributed by atoms with E-state index in [0.29, 0.717) is 5.15 Å². The van der Waals surface area contributed by atoms with Crippen molar-refractivity contribution in [3.05, 3.63) is 29.0 Å². The number of hydrogen-bond donors (Lipinski definition) is 0. The molecule has 0 unspecified atom stereocenters. The van der Waals surface area contributed by atoms with Crippen LogP contribution in [0.25, 0.3) is 0 Å². The second-order valence-electron chi connectivity index (χ2n) is 1.50. The maximum atomic E-state index is 5.57. The standard InChI is InChI=1S/C6H5ClN/c1-5-3-2-4-8-6(5)7/h2,4H,1H3. The molecule has 0 aliphatic rings. The molecule has 0 saturated carbocycles. The number of pyridine rings is 1. The van der Waals surface area contributed by atoms with Crippen molar-refractivity contribution in [2.45, 2.75) is 6.92 Å². The summed E-state index contributed by atoms with van der Waals surface area (Å²) >= 11 is 5.57. The van der Waals surface area contributed by atoms with E-state index in [9.17, 15) is 0 Å². The highest BCUT2D eigenvalue weighted by atomic mass is 35.5. The first-order chi connectivity index (χ1) is 3.80. The summed E-state index contributed by atoms with van der Waals surface area (Å²) in [6.45, 7) is 1.87. The number of rotatable bonds is 0. The van der Waals surface area contributed by atoms with E-state index in [1.165, 1.54) is 0 Å². The molecule has 0 aromatic carbocycles. The van der Waals surface area contributed by atoms with Crippen molar-refractivity contribution in [2.75, 3.05) is 0 Å². The van der Waals surface area contributed by atoms with E-state index in [2.05, 4.69) is 11.1 Å². The van der Waals surface area contributed by atoms with Crippen LogP contribution in [0.5, 0.6) is 0 Å². The van der Waals surface area contributed by atoms with Crippen LogP contribution in [-0.2, 0) is 0 Å². The van der Waals surface area contributed by atoms with E-state index in [-0.39, 0.29) is 0 Å². The van der Waals surface area contributed by atoms with Crippen molar-refractivity contribution in [3.63, 3.8) is 0 Å². The molecule has 0 aliphatic heterocycles. The van der Waals surface area contributed by atoms with Crippen molar-refractivity contribution in [1.82, 2.24) is 4.98 Å². The molecular weight excluding hydrogens is 122 g/mol. The molecule has 0 spiro atoms. The van der Waals surface area contributed by atoms with Gasteiger partial charge in [-0.3, -0.25) is 0 Å². The highest BCUT2D eigenvalue weighted by Crippen LogP contribution is 2.07. The van der Waals surface area contributed by atoms with Gasteiger partial charge in [0.05, 0.1) is 0 Å². The fourth-order valence-corrected chi connectivity index (χ4v) is 0.532. The zero-order chi connectivity index (χ0) is 5.98. The van der Waals surface area contributed by atoms with E-state index in [4.69, 9.17) is 11.6 Å². The molecule has 0 bridgehead atoms. The minimum absolute atomic E-state index is 0.535. The molecule has 41 valence electrons. The highest BCUT2D eigenvalue weighted by molar-refractivity contribution is 6.30. The average molecular weight is 127 g/mol. The van der Waals surface area contributed by atoms with Crippen LogP contribution in [0.15, 0.2) is 12.3 Å². The Morgan fingerprint density at radius 1 is 1.75 bits per heavy atom. The van der Waals surface area contributed by atoms with Crippen molar-refractivity contribution < 1.29 is 0 Å². The van der Waals surface area contributed by atoms with Crippen molar-refractivity contribution >= 4 is 11.6 Å². The number of aromatic nitrogens is 1. The summed E-state index contributed by atoms with van der Waals surface area (Å²) in [6.07, 6.45) is 1.62. The zero-order valence-electron chi connectivity index (χ0n) is 4.48. The lowest BCUT2D eigenvalue weighted by Crippen LogP contribution is -1.76. The Balaban J connectivity index is 3.13. The lowest BCUT2D eigenvalue weighted by Gasteiger charge is -1.89. The molecule has 1 nitrogen and oxygen atoms in total. The number of nitrogens with zero attached hydrogens (tertiary/aromatic N) is 1. The Hall–Kier alpha value is -0.560. The summed E-state index contributed by atoms with van der Waals surface area (Å²) in [5.41, 5.74) is 0.897. The summed E-state index contributed by atoms with van der Waals surface area (Å²) < 4.78 is 0. The van der Waals surface area contributed by atoms with Crippen LogP contribution in [0.2, 0.25) is 5.15 Å². The van der Waals surface area contributed by atoms with Crippen LogP contribution in [0.1, 0.15) is 5.56 Å². The molecule has 0 aliphatic carbocycles. The minimum Gasteiger partial charge on any atom is -0.244 e. The molecule has 1 aromatic heterocycles. The van der Waals surface area contributed by atoms with Crippen molar-refractivity contribution in [2.24, 2.45) is 0 Å². The van der Waals surface area contributed by atoms with Crippen LogP contribution in [-0.4, -0.2) is 4.98 Å². The summed E-state index contributed by atoms with van der Waals surface area (Å²) in [5, 5.41) is 0.535. The molecule has 0 atom stereocenters.